The third-order valence-electron chi connectivity index (χ3n) is 3.44. The summed E-state index contributed by atoms with van der Waals surface area (Å²) in [6, 6.07) is 8.20. The molecule has 0 bridgehead atoms. The van der Waals surface area contributed by atoms with Crippen molar-refractivity contribution in [1.29, 1.82) is 0 Å². The van der Waals surface area contributed by atoms with Crippen LogP contribution in [-0.4, -0.2) is 24.5 Å². The van der Waals surface area contributed by atoms with Crippen LogP contribution in [0.5, 0.6) is 5.75 Å². The second-order valence-electron chi connectivity index (χ2n) is 4.95. The standard InChI is InChI=1S/C15H21N3OS/c1-19-14-9-7-12(8-10-14)11-16-18-15(20)17-13-5-3-2-4-6-13/h7-11,13H,2-6H2,1H3,(H2,17,18,20)/b16-11-. The highest BCUT2D eigenvalue weighted by Crippen LogP contribution is 2.17. The number of benzene rings is 1. The van der Waals surface area contributed by atoms with Gasteiger partial charge in [0.1, 0.15) is 5.75 Å². The SMILES string of the molecule is COc1ccc(/C=N\NC(=S)NC2CCCCC2)cc1. The van der Waals surface area contributed by atoms with Crippen molar-refractivity contribution in [2.24, 2.45) is 5.10 Å². The smallest absolute Gasteiger partial charge is 0.187 e. The van der Waals surface area contributed by atoms with Crippen molar-refractivity contribution in [1.82, 2.24) is 10.7 Å². The van der Waals surface area contributed by atoms with E-state index in [1.165, 1.54) is 32.1 Å². The first-order valence-electron chi connectivity index (χ1n) is 7.01. The van der Waals surface area contributed by atoms with E-state index in [9.17, 15) is 0 Å². The van der Waals surface area contributed by atoms with Gasteiger partial charge in [-0.2, -0.15) is 5.10 Å². The Labute approximate surface area is 125 Å². The molecular formula is C15H21N3OS. The molecule has 0 amide bonds. The number of ether oxygens (including phenoxy) is 1. The number of hydrogen-bond donors (Lipinski definition) is 2. The number of methoxy groups -OCH3 is 1. The number of nitrogens with zero attached hydrogens (tertiary/aromatic N) is 1. The molecule has 0 aliphatic heterocycles. The molecule has 0 saturated heterocycles. The lowest BCUT2D eigenvalue weighted by Gasteiger charge is -2.23. The number of rotatable bonds is 4. The molecule has 1 aliphatic carbocycles. The van der Waals surface area contributed by atoms with Gasteiger partial charge in [0.15, 0.2) is 5.11 Å². The fourth-order valence-electron chi connectivity index (χ4n) is 2.32. The van der Waals surface area contributed by atoms with Crippen LogP contribution in [0.25, 0.3) is 0 Å². The maximum Gasteiger partial charge on any atom is 0.187 e. The summed E-state index contributed by atoms with van der Waals surface area (Å²) in [5.41, 5.74) is 3.86. The van der Waals surface area contributed by atoms with Crippen LogP contribution in [0, 0.1) is 0 Å². The molecule has 20 heavy (non-hydrogen) atoms. The van der Waals surface area contributed by atoms with Crippen LogP contribution in [0.3, 0.4) is 0 Å². The summed E-state index contributed by atoms with van der Waals surface area (Å²) in [5.74, 6) is 0.838. The van der Waals surface area contributed by atoms with Crippen LogP contribution in [0.1, 0.15) is 37.7 Å². The average Bonchev–Trinajstić information content (AvgIpc) is 2.49. The van der Waals surface area contributed by atoms with Gasteiger partial charge < -0.3 is 10.1 Å². The number of thiocarbonyl (C=S) groups is 1. The Kier molecular flexibility index (Phi) is 5.80. The monoisotopic (exact) mass is 291 g/mol. The van der Waals surface area contributed by atoms with E-state index in [0.29, 0.717) is 11.2 Å². The van der Waals surface area contributed by atoms with E-state index in [0.717, 1.165) is 11.3 Å². The van der Waals surface area contributed by atoms with Gasteiger partial charge in [0.05, 0.1) is 13.3 Å². The molecule has 1 saturated carbocycles. The van der Waals surface area contributed by atoms with Crippen molar-refractivity contribution < 1.29 is 4.74 Å². The highest BCUT2D eigenvalue weighted by molar-refractivity contribution is 7.80. The summed E-state index contributed by atoms with van der Waals surface area (Å²) < 4.78 is 5.11. The molecule has 1 fully saturated rings. The van der Waals surface area contributed by atoms with E-state index >= 15 is 0 Å². The number of hydrogen-bond acceptors (Lipinski definition) is 3. The molecule has 0 aromatic heterocycles. The first kappa shape index (κ1) is 14.8. The van der Waals surface area contributed by atoms with Crippen LogP contribution in [0.2, 0.25) is 0 Å². The Bertz CT molecular complexity index is 453. The van der Waals surface area contributed by atoms with Crippen LogP contribution >= 0.6 is 12.2 Å². The molecule has 0 atom stereocenters. The average molecular weight is 291 g/mol. The molecule has 1 aliphatic rings. The summed E-state index contributed by atoms with van der Waals surface area (Å²) in [6.45, 7) is 0. The predicted molar refractivity (Wildman–Crippen MR) is 86.3 cm³/mol. The lowest BCUT2D eigenvalue weighted by atomic mass is 9.96. The third-order valence-corrected chi connectivity index (χ3v) is 3.65. The minimum atomic E-state index is 0.500. The van der Waals surface area contributed by atoms with Crippen molar-refractivity contribution in [2.75, 3.05) is 7.11 Å². The third kappa shape index (κ3) is 4.81. The molecule has 5 heteroatoms. The van der Waals surface area contributed by atoms with Gasteiger partial charge in [-0.1, -0.05) is 19.3 Å². The first-order valence-corrected chi connectivity index (χ1v) is 7.42. The van der Waals surface area contributed by atoms with Crippen LogP contribution in [0.15, 0.2) is 29.4 Å². The number of nitrogens with one attached hydrogen (secondary N) is 2. The molecule has 0 spiro atoms. The lowest BCUT2D eigenvalue weighted by molar-refractivity contribution is 0.412. The summed E-state index contributed by atoms with van der Waals surface area (Å²) in [5, 5.41) is 8.05. The van der Waals surface area contributed by atoms with Gasteiger partial charge in [0.2, 0.25) is 0 Å². The molecule has 108 valence electrons. The van der Waals surface area contributed by atoms with Crippen molar-refractivity contribution in [3.05, 3.63) is 29.8 Å². The van der Waals surface area contributed by atoms with Gasteiger partial charge in [-0.3, -0.25) is 5.43 Å². The van der Waals surface area contributed by atoms with Gasteiger partial charge in [0.25, 0.3) is 0 Å². The molecule has 0 unspecified atom stereocenters. The summed E-state index contributed by atoms with van der Waals surface area (Å²) >= 11 is 5.23. The molecule has 4 nitrogen and oxygen atoms in total. The summed E-state index contributed by atoms with van der Waals surface area (Å²) in [4.78, 5) is 0. The Hall–Kier alpha value is -1.62. The minimum absolute atomic E-state index is 0.500. The first-order chi connectivity index (χ1) is 9.78. The molecule has 0 heterocycles. The highest BCUT2D eigenvalue weighted by Gasteiger charge is 2.13. The zero-order valence-electron chi connectivity index (χ0n) is 11.8. The number of hydrazone groups is 1. The van der Waals surface area contributed by atoms with Gasteiger partial charge in [0, 0.05) is 6.04 Å². The Morgan fingerprint density at radius 3 is 2.60 bits per heavy atom. The molecule has 1 aromatic carbocycles. The van der Waals surface area contributed by atoms with Crippen LogP contribution < -0.4 is 15.5 Å². The molecular weight excluding hydrogens is 270 g/mol. The van der Waals surface area contributed by atoms with Gasteiger partial charge in [-0.25, -0.2) is 0 Å². The fraction of sp³-hybridized carbons (Fsp3) is 0.467. The molecule has 1 aromatic rings. The van der Waals surface area contributed by atoms with E-state index in [-0.39, 0.29) is 0 Å². The van der Waals surface area contributed by atoms with Crippen LogP contribution in [0.4, 0.5) is 0 Å². The Morgan fingerprint density at radius 1 is 1.25 bits per heavy atom. The van der Waals surface area contributed by atoms with Crippen LogP contribution in [-0.2, 0) is 0 Å². The van der Waals surface area contributed by atoms with E-state index in [1.54, 1.807) is 13.3 Å². The fourth-order valence-corrected chi connectivity index (χ4v) is 2.54. The zero-order chi connectivity index (χ0) is 14.2. The molecule has 0 radical (unpaired) electrons. The summed E-state index contributed by atoms with van der Waals surface area (Å²) in [6.07, 6.45) is 8.06. The minimum Gasteiger partial charge on any atom is -0.497 e. The highest BCUT2D eigenvalue weighted by atomic mass is 32.1. The van der Waals surface area contributed by atoms with Gasteiger partial charge >= 0.3 is 0 Å². The van der Waals surface area contributed by atoms with Gasteiger partial charge in [-0.15, -0.1) is 0 Å². The Morgan fingerprint density at radius 2 is 1.95 bits per heavy atom. The van der Waals surface area contributed by atoms with Crippen molar-refractivity contribution in [3.63, 3.8) is 0 Å². The van der Waals surface area contributed by atoms with E-state index in [2.05, 4.69) is 15.8 Å². The van der Waals surface area contributed by atoms with E-state index < -0.39 is 0 Å². The van der Waals surface area contributed by atoms with Crippen molar-refractivity contribution >= 4 is 23.5 Å². The quantitative estimate of drug-likeness (QED) is 0.509. The van der Waals surface area contributed by atoms with Crippen molar-refractivity contribution in [3.8, 4) is 5.75 Å². The van der Waals surface area contributed by atoms with E-state index in [1.807, 2.05) is 24.3 Å². The zero-order valence-corrected chi connectivity index (χ0v) is 12.6. The largest absolute Gasteiger partial charge is 0.497 e. The normalized spacial score (nSPS) is 16.1. The van der Waals surface area contributed by atoms with Crippen molar-refractivity contribution in [2.45, 2.75) is 38.1 Å². The van der Waals surface area contributed by atoms with Gasteiger partial charge in [-0.05, 0) is 54.9 Å². The maximum atomic E-state index is 5.23. The lowest BCUT2D eigenvalue weighted by Crippen LogP contribution is -2.40. The maximum absolute atomic E-state index is 5.23. The topological polar surface area (TPSA) is 45.6 Å². The molecule has 2 rings (SSSR count). The second-order valence-corrected chi connectivity index (χ2v) is 5.36. The summed E-state index contributed by atoms with van der Waals surface area (Å²) in [7, 11) is 1.65. The predicted octanol–water partition coefficient (Wildman–Crippen LogP) is 2.83. The van der Waals surface area contributed by atoms with E-state index in [4.69, 9.17) is 17.0 Å². The molecule has 2 N–H and O–H groups in total. The second kappa shape index (κ2) is 7.85. The Balaban J connectivity index is 1.75.